The minimum Gasteiger partial charge on any atom is -0.478 e. The second kappa shape index (κ2) is 5.55. The Bertz CT molecular complexity index is 701. The van der Waals surface area contributed by atoms with Crippen molar-refractivity contribution in [1.29, 1.82) is 0 Å². The quantitative estimate of drug-likeness (QED) is 0.933. The highest BCUT2D eigenvalue weighted by Crippen LogP contribution is 2.23. The maximum Gasteiger partial charge on any atom is 0.335 e. The molecule has 0 fully saturated rings. The zero-order valence-corrected chi connectivity index (χ0v) is 12.6. The number of rotatable bonds is 4. The lowest BCUT2D eigenvalue weighted by Crippen LogP contribution is -2.27. The molecule has 1 amide bonds. The first-order valence-electron chi connectivity index (χ1n) is 6.75. The average Bonchev–Trinajstić information content (AvgIpc) is 2.76. The molecular weight excluding hydrogens is 270 g/mol. The van der Waals surface area contributed by atoms with Crippen LogP contribution in [-0.4, -0.2) is 45.5 Å². The Morgan fingerprint density at radius 2 is 2.00 bits per heavy atom. The van der Waals surface area contributed by atoms with Crippen molar-refractivity contribution in [2.24, 2.45) is 0 Å². The second-order valence-corrected chi connectivity index (χ2v) is 5.51. The average molecular weight is 289 g/mol. The lowest BCUT2D eigenvalue weighted by atomic mass is 10.2. The van der Waals surface area contributed by atoms with E-state index in [4.69, 9.17) is 5.11 Å². The minimum atomic E-state index is -0.984. The summed E-state index contributed by atoms with van der Waals surface area (Å²) in [5, 5.41) is 9.05. The van der Waals surface area contributed by atoms with Crippen molar-refractivity contribution < 1.29 is 14.7 Å². The number of amides is 1. The molecule has 1 N–H and O–H groups in total. The summed E-state index contributed by atoms with van der Waals surface area (Å²) < 4.78 is 1.86. The fourth-order valence-corrected chi connectivity index (χ4v) is 2.17. The van der Waals surface area contributed by atoms with Gasteiger partial charge in [0.25, 0.3) is 0 Å². The van der Waals surface area contributed by atoms with E-state index in [2.05, 4.69) is 4.98 Å². The number of nitrogens with zero attached hydrogens (tertiary/aromatic N) is 3. The monoisotopic (exact) mass is 289 g/mol. The topological polar surface area (TPSA) is 75.4 Å². The molecule has 2 aromatic rings. The van der Waals surface area contributed by atoms with Crippen molar-refractivity contribution in [3.63, 3.8) is 0 Å². The van der Waals surface area contributed by atoms with Crippen molar-refractivity contribution >= 4 is 22.9 Å². The van der Waals surface area contributed by atoms with Gasteiger partial charge in [0.1, 0.15) is 12.4 Å². The van der Waals surface area contributed by atoms with Crippen LogP contribution in [0.4, 0.5) is 0 Å². The molecular formula is C15H19N3O3. The van der Waals surface area contributed by atoms with Gasteiger partial charge in [-0.1, -0.05) is 13.8 Å². The third-order valence-electron chi connectivity index (χ3n) is 3.33. The van der Waals surface area contributed by atoms with Crippen LogP contribution in [-0.2, 0) is 11.3 Å². The van der Waals surface area contributed by atoms with Gasteiger partial charge in [-0.25, -0.2) is 9.78 Å². The lowest BCUT2D eigenvalue weighted by Gasteiger charge is -2.14. The van der Waals surface area contributed by atoms with Gasteiger partial charge in [-0.05, 0) is 18.2 Å². The Balaban J connectivity index is 2.58. The first-order valence-corrected chi connectivity index (χ1v) is 6.75. The molecule has 21 heavy (non-hydrogen) atoms. The number of fused-ring (bicyclic) bond motifs is 1. The van der Waals surface area contributed by atoms with E-state index < -0.39 is 5.97 Å². The number of hydrogen-bond donors (Lipinski definition) is 1. The molecule has 0 aliphatic heterocycles. The van der Waals surface area contributed by atoms with Gasteiger partial charge in [-0.15, -0.1) is 0 Å². The number of aromatic carboxylic acids is 1. The predicted octanol–water partition coefficient (Wildman–Crippen LogP) is 1.95. The predicted molar refractivity (Wildman–Crippen MR) is 79.5 cm³/mol. The highest BCUT2D eigenvalue weighted by atomic mass is 16.4. The van der Waals surface area contributed by atoms with Gasteiger partial charge >= 0.3 is 5.97 Å². The third kappa shape index (κ3) is 2.89. The summed E-state index contributed by atoms with van der Waals surface area (Å²) in [6, 6.07) is 4.79. The zero-order chi connectivity index (χ0) is 15.7. The van der Waals surface area contributed by atoms with Gasteiger partial charge in [0.15, 0.2) is 0 Å². The van der Waals surface area contributed by atoms with E-state index in [0.717, 1.165) is 11.3 Å². The van der Waals surface area contributed by atoms with E-state index >= 15 is 0 Å². The number of carbonyl (C=O) groups is 2. The SMILES string of the molecule is CC(C)c1nc2cc(C(=O)O)ccc2n1CC(=O)N(C)C. The minimum absolute atomic E-state index is 0.0292. The first kappa shape index (κ1) is 15.0. The van der Waals surface area contributed by atoms with Crippen LogP contribution in [0.1, 0.15) is 35.9 Å². The van der Waals surface area contributed by atoms with Crippen molar-refractivity contribution in [1.82, 2.24) is 14.5 Å². The number of imidazole rings is 1. The summed E-state index contributed by atoms with van der Waals surface area (Å²) in [7, 11) is 3.41. The van der Waals surface area contributed by atoms with E-state index in [1.807, 2.05) is 18.4 Å². The van der Waals surface area contributed by atoms with Crippen LogP contribution in [0.2, 0.25) is 0 Å². The summed E-state index contributed by atoms with van der Waals surface area (Å²) >= 11 is 0. The largest absolute Gasteiger partial charge is 0.478 e. The number of likely N-dealkylation sites (N-methyl/N-ethyl adjacent to an activating group) is 1. The van der Waals surface area contributed by atoms with Crippen LogP contribution in [0.5, 0.6) is 0 Å². The van der Waals surface area contributed by atoms with E-state index in [9.17, 15) is 9.59 Å². The smallest absolute Gasteiger partial charge is 0.335 e. The van der Waals surface area contributed by atoms with E-state index in [0.29, 0.717) is 5.52 Å². The van der Waals surface area contributed by atoms with E-state index in [1.54, 1.807) is 26.2 Å². The molecule has 0 radical (unpaired) electrons. The van der Waals surface area contributed by atoms with Crippen LogP contribution in [0, 0.1) is 0 Å². The molecule has 0 aliphatic carbocycles. The van der Waals surface area contributed by atoms with Crippen LogP contribution >= 0.6 is 0 Å². The van der Waals surface area contributed by atoms with E-state index in [-0.39, 0.29) is 23.9 Å². The number of carbonyl (C=O) groups excluding carboxylic acids is 1. The summed E-state index contributed by atoms with van der Waals surface area (Å²) in [6.45, 7) is 4.19. The summed E-state index contributed by atoms with van der Waals surface area (Å²) in [4.78, 5) is 29.1. The first-order chi connectivity index (χ1) is 9.81. The maximum atomic E-state index is 12.0. The van der Waals surface area contributed by atoms with Crippen molar-refractivity contribution in [2.75, 3.05) is 14.1 Å². The number of hydrogen-bond acceptors (Lipinski definition) is 3. The van der Waals surface area contributed by atoms with Gasteiger partial charge in [-0.2, -0.15) is 0 Å². The summed E-state index contributed by atoms with van der Waals surface area (Å²) in [6.07, 6.45) is 0. The van der Waals surface area contributed by atoms with Crippen molar-refractivity contribution in [3.8, 4) is 0 Å². The molecule has 0 unspecified atom stereocenters. The molecule has 1 aromatic carbocycles. The Labute approximate surface area is 123 Å². The Morgan fingerprint density at radius 3 is 2.52 bits per heavy atom. The number of aromatic nitrogens is 2. The summed E-state index contributed by atoms with van der Waals surface area (Å²) in [5.41, 5.74) is 1.57. The van der Waals surface area contributed by atoms with E-state index in [1.165, 1.54) is 11.0 Å². The fourth-order valence-electron chi connectivity index (χ4n) is 2.17. The Morgan fingerprint density at radius 1 is 1.33 bits per heavy atom. The normalized spacial score (nSPS) is 11.1. The van der Waals surface area contributed by atoms with Crippen molar-refractivity contribution in [2.45, 2.75) is 26.3 Å². The van der Waals surface area contributed by atoms with Crippen LogP contribution < -0.4 is 0 Å². The standard InChI is InChI=1S/C15H19N3O3/c1-9(2)14-16-11-7-10(15(20)21)5-6-12(11)18(14)8-13(19)17(3)4/h5-7,9H,8H2,1-4H3,(H,20,21). The fraction of sp³-hybridized carbons (Fsp3) is 0.400. The highest BCUT2D eigenvalue weighted by molar-refractivity contribution is 5.92. The zero-order valence-electron chi connectivity index (χ0n) is 12.6. The molecule has 0 aliphatic rings. The van der Waals surface area contributed by atoms with Crippen molar-refractivity contribution in [3.05, 3.63) is 29.6 Å². The van der Waals surface area contributed by atoms with Gasteiger partial charge in [-0.3, -0.25) is 4.79 Å². The van der Waals surface area contributed by atoms with Gasteiger partial charge in [0.05, 0.1) is 16.6 Å². The molecule has 0 spiro atoms. The molecule has 1 heterocycles. The second-order valence-electron chi connectivity index (χ2n) is 5.51. The molecule has 0 saturated carbocycles. The third-order valence-corrected chi connectivity index (χ3v) is 3.33. The molecule has 6 nitrogen and oxygen atoms in total. The maximum absolute atomic E-state index is 12.0. The lowest BCUT2D eigenvalue weighted by molar-refractivity contribution is -0.129. The van der Waals surface area contributed by atoms with Crippen LogP contribution in [0.15, 0.2) is 18.2 Å². The molecule has 0 saturated heterocycles. The van der Waals surface area contributed by atoms with Crippen LogP contribution in [0.25, 0.3) is 11.0 Å². The molecule has 1 aromatic heterocycles. The van der Waals surface area contributed by atoms with Gasteiger partial charge < -0.3 is 14.6 Å². The van der Waals surface area contributed by atoms with Gasteiger partial charge in [0.2, 0.25) is 5.91 Å². The number of benzene rings is 1. The number of carboxylic acid groups (broad SMARTS) is 1. The van der Waals surface area contributed by atoms with Crippen LogP contribution in [0.3, 0.4) is 0 Å². The molecule has 0 bridgehead atoms. The Kier molecular flexibility index (Phi) is 3.97. The Hall–Kier alpha value is -2.37. The molecule has 6 heteroatoms. The molecule has 2 rings (SSSR count). The van der Waals surface area contributed by atoms with Gasteiger partial charge in [0, 0.05) is 20.0 Å². The molecule has 0 atom stereocenters. The number of carboxylic acids is 1. The highest BCUT2D eigenvalue weighted by Gasteiger charge is 2.18. The summed E-state index contributed by atoms with van der Waals surface area (Å²) in [5.74, 6) is -0.0937. The molecule has 112 valence electrons.